The highest BCUT2D eigenvalue weighted by atomic mass is 32.2. The van der Waals surface area contributed by atoms with E-state index in [9.17, 15) is 13.2 Å². The molecule has 0 radical (unpaired) electrons. The lowest BCUT2D eigenvalue weighted by atomic mass is 10.2. The van der Waals surface area contributed by atoms with Gasteiger partial charge in [-0.2, -0.15) is 0 Å². The third-order valence-corrected chi connectivity index (χ3v) is 6.56. The molecule has 0 aliphatic carbocycles. The molecule has 23 heavy (non-hydrogen) atoms. The van der Waals surface area contributed by atoms with Crippen molar-refractivity contribution in [1.29, 1.82) is 0 Å². The van der Waals surface area contributed by atoms with Crippen LogP contribution in [0.2, 0.25) is 0 Å². The number of para-hydroxylation sites is 2. The summed E-state index contributed by atoms with van der Waals surface area (Å²) in [6.07, 6.45) is -0.115. The summed E-state index contributed by atoms with van der Waals surface area (Å²) >= 11 is 1.22. The van der Waals surface area contributed by atoms with Gasteiger partial charge < -0.3 is 10.1 Å². The van der Waals surface area contributed by atoms with Gasteiger partial charge in [0.2, 0.25) is 10.0 Å². The fourth-order valence-electron chi connectivity index (χ4n) is 2.18. The molecule has 2 aromatic rings. The molecular weight excluding hydrogens is 336 g/mol. The van der Waals surface area contributed by atoms with Crippen molar-refractivity contribution < 1.29 is 17.9 Å². The van der Waals surface area contributed by atoms with Crippen molar-refractivity contribution in [1.82, 2.24) is 4.72 Å². The van der Waals surface area contributed by atoms with Crippen LogP contribution in [0.5, 0.6) is 5.75 Å². The van der Waals surface area contributed by atoms with E-state index in [0.717, 1.165) is 11.3 Å². The van der Waals surface area contributed by atoms with Crippen LogP contribution in [0.4, 0.5) is 5.69 Å². The molecule has 1 aliphatic rings. The molecule has 1 aromatic heterocycles. The Balaban J connectivity index is 1.69. The molecule has 1 atom stereocenters. The number of fused-ring (bicyclic) bond motifs is 1. The van der Waals surface area contributed by atoms with Gasteiger partial charge in [0, 0.05) is 4.88 Å². The molecule has 2 heterocycles. The lowest BCUT2D eigenvalue weighted by Crippen LogP contribution is -2.45. The first-order valence-corrected chi connectivity index (χ1v) is 9.44. The Labute approximate surface area is 138 Å². The Morgan fingerprint density at radius 2 is 2.04 bits per heavy atom. The predicted molar refractivity (Wildman–Crippen MR) is 88.4 cm³/mol. The lowest BCUT2D eigenvalue weighted by Gasteiger charge is -2.25. The van der Waals surface area contributed by atoms with Crippen LogP contribution in [0.15, 0.2) is 40.6 Å². The van der Waals surface area contributed by atoms with Gasteiger partial charge in [0.1, 0.15) is 9.96 Å². The summed E-state index contributed by atoms with van der Waals surface area (Å²) in [7, 11) is -3.64. The summed E-state index contributed by atoms with van der Waals surface area (Å²) in [5.74, 6) is 0.160. The largest absolute Gasteiger partial charge is 0.477 e. The Hall–Kier alpha value is -1.90. The Morgan fingerprint density at radius 3 is 2.78 bits per heavy atom. The summed E-state index contributed by atoms with van der Waals surface area (Å²) in [6.45, 7) is 1.84. The quantitative estimate of drug-likeness (QED) is 0.862. The first-order valence-electron chi connectivity index (χ1n) is 7.14. The third kappa shape index (κ3) is 3.39. The van der Waals surface area contributed by atoms with Crippen LogP contribution in [0.3, 0.4) is 0 Å². The summed E-state index contributed by atoms with van der Waals surface area (Å²) in [4.78, 5) is 13.0. The SMILES string of the molecule is CCc1ccc(S(=O)(=O)NCC2Oc3ccccc3NC2=O)s1. The van der Waals surface area contributed by atoms with Gasteiger partial charge >= 0.3 is 0 Å². The highest BCUT2D eigenvalue weighted by Crippen LogP contribution is 2.29. The molecule has 1 unspecified atom stereocenters. The number of aryl methyl sites for hydroxylation is 1. The van der Waals surface area contributed by atoms with E-state index in [-0.39, 0.29) is 16.7 Å². The van der Waals surface area contributed by atoms with E-state index in [1.54, 1.807) is 36.4 Å². The molecule has 2 N–H and O–H groups in total. The minimum absolute atomic E-state index is 0.123. The molecule has 3 rings (SSSR count). The van der Waals surface area contributed by atoms with E-state index in [0.29, 0.717) is 11.4 Å². The Bertz CT molecular complexity index is 830. The second kappa shape index (κ2) is 6.31. The molecule has 0 spiro atoms. The molecule has 122 valence electrons. The minimum Gasteiger partial charge on any atom is -0.477 e. The number of rotatable bonds is 5. The summed E-state index contributed by atoms with van der Waals surface area (Å²) in [6, 6.07) is 10.4. The number of benzene rings is 1. The Morgan fingerprint density at radius 1 is 1.26 bits per heavy atom. The number of carbonyl (C=O) groups is 1. The third-order valence-electron chi connectivity index (χ3n) is 3.42. The average Bonchev–Trinajstić information content (AvgIpc) is 3.03. The maximum Gasteiger partial charge on any atom is 0.266 e. The molecule has 1 aliphatic heterocycles. The van der Waals surface area contributed by atoms with Gasteiger partial charge in [-0.3, -0.25) is 4.79 Å². The zero-order valence-electron chi connectivity index (χ0n) is 12.4. The maximum absolute atomic E-state index is 12.3. The number of hydrogen-bond donors (Lipinski definition) is 2. The van der Waals surface area contributed by atoms with Crippen LogP contribution in [-0.4, -0.2) is 27.0 Å². The summed E-state index contributed by atoms with van der Waals surface area (Å²) in [5, 5.41) is 2.70. The minimum atomic E-state index is -3.64. The zero-order valence-corrected chi connectivity index (χ0v) is 14.0. The smallest absolute Gasteiger partial charge is 0.266 e. The molecule has 0 saturated heterocycles. The normalized spacial score (nSPS) is 17.3. The number of anilines is 1. The number of amides is 1. The standard InChI is InChI=1S/C15H16N2O4S2/c1-2-10-7-8-14(22-10)23(19,20)16-9-13-15(18)17-11-5-3-4-6-12(11)21-13/h3-8,13,16H,2,9H2,1H3,(H,17,18). The number of ether oxygens (including phenoxy) is 1. The van der Waals surface area contributed by atoms with E-state index >= 15 is 0 Å². The average molecular weight is 352 g/mol. The van der Waals surface area contributed by atoms with E-state index in [1.807, 2.05) is 6.92 Å². The van der Waals surface area contributed by atoms with Gasteiger partial charge in [0.25, 0.3) is 5.91 Å². The van der Waals surface area contributed by atoms with E-state index < -0.39 is 16.1 Å². The molecule has 8 heteroatoms. The first-order chi connectivity index (χ1) is 11.0. The number of thiophene rings is 1. The van der Waals surface area contributed by atoms with Crippen LogP contribution in [0, 0.1) is 0 Å². The molecule has 0 bridgehead atoms. The van der Waals surface area contributed by atoms with Crippen LogP contribution in [-0.2, 0) is 21.2 Å². The van der Waals surface area contributed by atoms with E-state index in [1.165, 1.54) is 11.3 Å². The number of nitrogens with one attached hydrogen (secondary N) is 2. The zero-order chi connectivity index (χ0) is 16.4. The summed E-state index contributed by atoms with van der Waals surface area (Å²) in [5.41, 5.74) is 0.586. The monoisotopic (exact) mass is 352 g/mol. The molecule has 1 amide bonds. The van der Waals surface area contributed by atoms with Crippen LogP contribution in [0.1, 0.15) is 11.8 Å². The second-order valence-corrected chi connectivity index (χ2v) is 8.18. The predicted octanol–water partition coefficient (Wildman–Crippen LogP) is 1.99. The molecule has 0 fully saturated rings. The van der Waals surface area contributed by atoms with Gasteiger partial charge in [-0.1, -0.05) is 19.1 Å². The highest BCUT2D eigenvalue weighted by Gasteiger charge is 2.29. The fraction of sp³-hybridized carbons (Fsp3) is 0.267. The molecule has 0 saturated carbocycles. The second-order valence-electron chi connectivity index (χ2n) is 5.02. The van der Waals surface area contributed by atoms with E-state index in [2.05, 4.69) is 10.0 Å². The number of hydrogen-bond acceptors (Lipinski definition) is 5. The van der Waals surface area contributed by atoms with Gasteiger partial charge in [-0.15, -0.1) is 11.3 Å². The van der Waals surface area contributed by atoms with Crippen molar-refractivity contribution in [2.75, 3.05) is 11.9 Å². The van der Waals surface area contributed by atoms with E-state index in [4.69, 9.17) is 4.74 Å². The van der Waals surface area contributed by atoms with Crippen molar-refractivity contribution in [2.24, 2.45) is 0 Å². The molecule has 1 aromatic carbocycles. The maximum atomic E-state index is 12.3. The van der Waals surface area contributed by atoms with Crippen LogP contribution in [0.25, 0.3) is 0 Å². The molecule has 6 nitrogen and oxygen atoms in total. The van der Waals surface area contributed by atoms with Gasteiger partial charge in [-0.25, -0.2) is 13.1 Å². The van der Waals surface area contributed by atoms with Gasteiger partial charge in [0.05, 0.1) is 12.2 Å². The summed E-state index contributed by atoms with van der Waals surface area (Å²) < 4.78 is 32.8. The number of carbonyl (C=O) groups excluding carboxylic acids is 1. The van der Waals surface area contributed by atoms with Gasteiger partial charge in [0.15, 0.2) is 6.10 Å². The van der Waals surface area contributed by atoms with Crippen molar-refractivity contribution in [3.8, 4) is 5.75 Å². The van der Waals surface area contributed by atoms with Crippen molar-refractivity contribution in [3.63, 3.8) is 0 Å². The fourth-order valence-corrected chi connectivity index (χ4v) is 4.55. The van der Waals surface area contributed by atoms with Crippen molar-refractivity contribution >= 4 is 33.0 Å². The van der Waals surface area contributed by atoms with Gasteiger partial charge in [-0.05, 0) is 30.7 Å². The number of sulfonamides is 1. The topological polar surface area (TPSA) is 84.5 Å². The van der Waals surface area contributed by atoms with Crippen molar-refractivity contribution in [2.45, 2.75) is 23.7 Å². The Kier molecular flexibility index (Phi) is 4.38. The van der Waals surface area contributed by atoms with Crippen LogP contribution < -0.4 is 14.8 Å². The van der Waals surface area contributed by atoms with Crippen molar-refractivity contribution in [3.05, 3.63) is 41.3 Å². The lowest BCUT2D eigenvalue weighted by molar-refractivity contribution is -0.123. The molecular formula is C15H16N2O4S2. The highest BCUT2D eigenvalue weighted by molar-refractivity contribution is 7.91. The van der Waals surface area contributed by atoms with Crippen LogP contribution >= 0.6 is 11.3 Å². The first kappa shape index (κ1) is 16.0.